The number of nitrogens with one attached hydrogen (secondary N) is 2. The highest BCUT2D eigenvalue weighted by Gasteiger charge is 2.49. The van der Waals surface area contributed by atoms with Gasteiger partial charge in [0.2, 0.25) is 0 Å². The number of urea groups is 1. The Morgan fingerprint density at radius 2 is 2.04 bits per heavy atom. The summed E-state index contributed by atoms with van der Waals surface area (Å²) in [6, 6.07) is 6.57. The van der Waals surface area contributed by atoms with E-state index in [-0.39, 0.29) is 5.91 Å². The minimum absolute atomic E-state index is 0.326. The van der Waals surface area contributed by atoms with Gasteiger partial charge in [0.15, 0.2) is 12.0 Å². The van der Waals surface area contributed by atoms with Crippen LogP contribution < -0.4 is 10.6 Å². The van der Waals surface area contributed by atoms with Crippen LogP contribution in [0.25, 0.3) is 0 Å². The fraction of sp³-hybridized carbons (Fsp3) is 0.471. The molecule has 2 atom stereocenters. The SMILES string of the molecule is CCCCN=C1NC2C(C(=O)NC(=O)N2C)N1Cc1ccccc1Cl. The Hall–Kier alpha value is -2.28. The Morgan fingerprint density at radius 1 is 1.28 bits per heavy atom. The second kappa shape index (κ2) is 7.31. The van der Waals surface area contributed by atoms with Crippen LogP contribution in [0.5, 0.6) is 0 Å². The molecule has 3 amide bonds. The predicted molar refractivity (Wildman–Crippen MR) is 96.2 cm³/mol. The van der Waals surface area contributed by atoms with E-state index in [0.717, 1.165) is 18.4 Å². The van der Waals surface area contributed by atoms with Gasteiger partial charge in [0.25, 0.3) is 5.91 Å². The van der Waals surface area contributed by atoms with Gasteiger partial charge in [-0.25, -0.2) is 4.79 Å². The molecule has 0 bridgehead atoms. The van der Waals surface area contributed by atoms with E-state index >= 15 is 0 Å². The quantitative estimate of drug-likeness (QED) is 0.782. The third kappa shape index (κ3) is 3.42. The minimum atomic E-state index is -0.542. The first-order valence-electron chi connectivity index (χ1n) is 8.41. The number of likely N-dealkylation sites (N-methyl/N-ethyl adjacent to an activating group) is 1. The van der Waals surface area contributed by atoms with E-state index < -0.39 is 18.2 Å². The topological polar surface area (TPSA) is 77.0 Å². The van der Waals surface area contributed by atoms with Crippen molar-refractivity contribution < 1.29 is 9.59 Å². The number of imide groups is 1. The van der Waals surface area contributed by atoms with Crippen LogP contribution in [-0.2, 0) is 11.3 Å². The molecule has 0 aliphatic carbocycles. The van der Waals surface area contributed by atoms with Gasteiger partial charge in [-0.3, -0.25) is 15.1 Å². The Bertz CT molecular complexity index is 708. The summed E-state index contributed by atoms with van der Waals surface area (Å²) in [7, 11) is 1.66. The van der Waals surface area contributed by atoms with Crippen LogP contribution in [0.3, 0.4) is 0 Å². The zero-order valence-electron chi connectivity index (χ0n) is 14.3. The molecule has 2 N–H and O–H groups in total. The smallest absolute Gasteiger partial charge is 0.325 e. The van der Waals surface area contributed by atoms with Gasteiger partial charge < -0.3 is 15.1 Å². The number of hydrogen-bond donors (Lipinski definition) is 2. The summed E-state index contributed by atoms with van der Waals surface area (Å²) in [5.41, 5.74) is 0.905. The van der Waals surface area contributed by atoms with Crippen LogP contribution in [0.1, 0.15) is 25.3 Å². The molecule has 2 aliphatic rings. The molecule has 8 heteroatoms. The van der Waals surface area contributed by atoms with Gasteiger partial charge in [-0.15, -0.1) is 0 Å². The van der Waals surface area contributed by atoms with Crippen LogP contribution in [0.15, 0.2) is 29.3 Å². The van der Waals surface area contributed by atoms with Gasteiger partial charge in [-0.1, -0.05) is 43.1 Å². The molecular weight excluding hydrogens is 342 g/mol. The first-order valence-corrected chi connectivity index (χ1v) is 8.79. The predicted octanol–water partition coefficient (Wildman–Crippen LogP) is 1.78. The van der Waals surface area contributed by atoms with Crippen molar-refractivity contribution in [2.75, 3.05) is 13.6 Å². The fourth-order valence-corrected chi connectivity index (χ4v) is 3.24. The lowest BCUT2D eigenvalue weighted by Crippen LogP contribution is -2.64. The van der Waals surface area contributed by atoms with Crippen LogP contribution >= 0.6 is 11.6 Å². The Morgan fingerprint density at radius 3 is 2.76 bits per heavy atom. The molecule has 0 saturated carbocycles. The normalized spacial score (nSPS) is 24.4. The number of aliphatic imine (C=N–C) groups is 1. The van der Waals surface area contributed by atoms with Crippen molar-refractivity contribution in [2.24, 2.45) is 4.99 Å². The van der Waals surface area contributed by atoms with E-state index in [1.165, 1.54) is 4.90 Å². The average molecular weight is 364 g/mol. The minimum Gasteiger partial charge on any atom is -0.333 e. The summed E-state index contributed by atoms with van der Waals surface area (Å²) in [6.07, 6.45) is 1.55. The molecule has 134 valence electrons. The summed E-state index contributed by atoms with van der Waals surface area (Å²) in [6.45, 7) is 3.20. The number of hydrogen-bond acceptors (Lipinski definition) is 3. The third-order valence-corrected chi connectivity index (χ3v) is 4.86. The molecule has 0 aromatic heterocycles. The van der Waals surface area contributed by atoms with Crippen molar-refractivity contribution in [3.8, 4) is 0 Å². The molecule has 2 aliphatic heterocycles. The highest BCUT2D eigenvalue weighted by Crippen LogP contribution is 2.25. The number of carbonyl (C=O) groups is 2. The van der Waals surface area contributed by atoms with Crippen LogP contribution in [0, 0.1) is 0 Å². The van der Waals surface area contributed by atoms with E-state index in [2.05, 4.69) is 22.5 Å². The number of halogens is 1. The van der Waals surface area contributed by atoms with Crippen molar-refractivity contribution in [3.05, 3.63) is 34.9 Å². The Labute approximate surface area is 152 Å². The van der Waals surface area contributed by atoms with Gasteiger partial charge in [-0.05, 0) is 18.1 Å². The van der Waals surface area contributed by atoms with Crippen molar-refractivity contribution >= 4 is 29.5 Å². The molecule has 0 radical (unpaired) electrons. The highest BCUT2D eigenvalue weighted by atomic mass is 35.5. The second-order valence-corrected chi connectivity index (χ2v) is 6.62. The summed E-state index contributed by atoms with van der Waals surface area (Å²) in [4.78, 5) is 32.4. The van der Waals surface area contributed by atoms with E-state index in [1.807, 2.05) is 29.2 Å². The van der Waals surface area contributed by atoms with Gasteiger partial charge in [0.1, 0.15) is 6.17 Å². The first-order chi connectivity index (χ1) is 12.0. The number of carbonyl (C=O) groups excluding carboxylic acids is 2. The van der Waals surface area contributed by atoms with Crippen molar-refractivity contribution in [2.45, 2.75) is 38.5 Å². The number of amides is 3. The molecular formula is C17H22ClN5O2. The first kappa shape index (κ1) is 17.5. The monoisotopic (exact) mass is 363 g/mol. The van der Waals surface area contributed by atoms with Gasteiger partial charge in [0.05, 0.1) is 0 Å². The second-order valence-electron chi connectivity index (χ2n) is 6.22. The molecule has 1 aromatic carbocycles. The number of nitrogens with zero attached hydrogens (tertiary/aromatic N) is 3. The molecule has 25 heavy (non-hydrogen) atoms. The zero-order valence-corrected chi connectivity index (χ0v) is 15.1. The van der Waals surface area contributed by atoms with Gasteiger partial charge >= 0.3 is 6.03 Å². The number of fused-ring (bicyclic) bond motifs is 1. The fourth-order valence-electron chi connectivity index (χ4n) is 3.05. The van der Waals surface area contributed by atoms with Gasteiger partial charge in [0, 0.05) is 25.2 Å². The van der Waals surface area contributed by atoms with Crippen LogP contribution in [-0.4, -0.2) is 53.5 Å². The van der Waals surface area contributed by atoms with Gasteiger partial charge in [-0.2, -0.15) is 0 Å². The molecule has 2 unspecified atom stereocenters. The lowest BCUT2D eigenvalue weighted by molar-refractivity contribution is -0.127. The van der Waals surface area contributed by atoms with Crippen molar-refractivity contribution in [3.63, 3.8) is 0 Å². The average Bonchev–Trinajstić information content (AvgIpc) is 2.94. The van der Waals surface area contributed by atoms with E-state index in [1.54, 1.807) is 7.05 Å². The van der Waals surface area contributed by atoms with Crippen LogP contribution in [0.2, 0.25) is 5.02 Å². The molecule has 1 aromatic rings. The number of guanidine groups is 1. The zero-order chi connectivity index (χ0) is 18.0. The summed E-state index contributed by atoms with van der Waals surface area (Å²) < 4.78 is 0. The molecule has 2 saturated heterocycles. The van der Waals surface area contributed by atoms with E-state index in [9.17, 15) is 9.59 Å². The number of benzene rings is 1. The highest BCUT2D eigenvalue weighted by molar-refractivity contribution is 6.31. The van der Waals surface area contributed by atoms with E-state index in [0.29, 0.717) is 24.1 Å². The maximum Gasteiger partial charge on any atom is 0.325 e. The maximum absolute atomic E-state index is 12.5. The molecule has 7 nitrogen and oxygen atoms in total. The lowest BCUT2D eigenvalue weighted by Gasteiger charge is -2.35. The summed E-state index contributed by atoms with van der Waals surface area (Å²) in [5.74, 6) is 0.299. The van der Waals surface area contributed by atoms with Crippen molar-refractivity contribution in [1.29, 1.82) is 0 Å². The Kier molecular flexibility index (Phi) is 5.13. The van der Waals surface area contributed by atoms with E-state index in [4.69, 9.17) is 11.6 Å². The number of unbranched alkanes of at least 4 members (excludes halogenated alkanes) is 1. The molecule has 2 fully saturated rings. The largest absolute Gasteiger partial charge is 0.333 e. The molecule has 0 spiro atoms. The standard InChI is InChI=1S/C17H22ClN5O2/c1-3-4-9-19-16-20-14-13(15(24)21-17(25)22(14)2)23(16)10-11-7-5-6-8-12(11)18/h5-8,13-14H,3-4,9-10H2,1-2H3,(H,19,20)(H,21,24,25). The lowest BCUT2D eigenvalue weighted by atomic mass is 10.1. The Balaban J connectivity index is 1.92. The summed E-state index contributed by atoms with van der Waals surface area (Å²) >= 11 is 6.29. The molecule has 2 heterocycles. The van der Waals surface area contributed by atoms with Crippen molar-refractivity contribution in [1.82, 2.24) is 20.4 Å². The third-order valence-electron chi connectivity index (χ3n) is 4.49. The number of rotatable bonds is 5. The maximum atomic E-state index is 12.5. The molecule has 3 rings (SSSR count). The summed E-state index contributed by atoms with van der Waals surface area (Å²) in [5, 5.41) is 6.26. The van der Waals surface area contributed by atoms with Crippen LogP contribution in [0.4, 0.5) is 4.79 Å².